The van der Waals surface area contributed by atoms with Crippen LogP contribution in [-0.2, 0) is 6.54 Å². The van der Waals surface area contributed by atoms with Gasteiger partial charge in [0.05, 0.1) is 10.0 Å². The lowest BCUT2D eigenvalue weighted by molar-refractivity contribution is 0.629. The van der Waals surface area contributed by atoms with Crippen molar-refractivity contribution in [2.75, 3.05) is 11.6 Å². The number of halogens is 3. The number of rotatable bonds is 4. The molecule has 0 amide bonds. The van der Waals surface area contributed by atoms with E-state index in [4.69, 9.17) is 23.2 Å². The van der Waals surface area contributed by atoms with Gasteiger partial charge in [0.25, 0.3) is 0 Å². The van der Waals surface area contributed by atoms with Gasteiger partial charge in [0, 0.05) is 17.1 Å². The Kier molecular flexibility index (Phi) is 4.97. The number of anilines is 1. The fourth-order valence-corrected chi connectivity index (χ4v) is 2.50. The normalized spacial score (nSPS) is 10.5. The second kappa shape index (κ2) is 6.51. The Morgan fingerprint density at radius 2 is 1.68 bits per heavy atom. The smallest absolute Gasteiger partial charge is 0.160 e. The van der Waals surface area contributed by atoms with E-state index in [9.17, 15) is 4.39 Å². The molecule has 0 unspecified atom stereocenters. The number of thioether (sulfide) groups is 1. The lowest BCUT2D eigenvalue weighted by atomic mass is 10.2. The van der Waals surface area contributed by atoms with E-state index in [1.807, 2.05) is 18.4 Å². The molecular weight excluding hydrogens is 304 g/mol. The van der Waals surface area contributed by atoms with Crippen LogP contribution in [0.3, 0.4) is 0 Å². The Balaban J connectivity index is 2.05. The van der Waals surface area contributed by atoms with E-state index in [0.717, 1.165) is 5.56 Å². The number of hydrogen-bond donors (Lipinski definition) is 1. The van der Waals surface area contributed by atoms with Crippen LogP contribution >= 0.6 is 35.0 Å². The molecule has 0 saturated heterocycles. The van der Waals surface area contributed by atoms with Crippen LogP contribution in [0.1, 0.15) is 5.56 Å². The summed E-state index contributed by atoms with van der Waals surface area (Å²) >= 11 is 13.2. The zero-order valence-electron chi connectivity index (χ0n) is 10.2. The van der Waals surface area contributed by atoms with Crippen LogP contribution in [-0.4, -0.2) is 6.26 Å². The average molecular weight is 316 g/mol. The zero-order chi connectivity index (χ0) is 13.8. The largest absolute Gasteiger partial charge is 0.381 e. The van der Waals surface area contributed by atoms with Crippen LogP contribution in [0.15, 0.2) is 41.3 Å². The van der Waals surface area contributed by atoms with Crippen molar-refractivity contribution in [3.63, 3.8) is 0 Å². The number of benzene rings is 2. The molecule has 0 bridgehead atoms. The van der Waals surface area contributed by atoms with Gasteiger partial charge in [0.15, 0.2) is 5.82 Å². The Bertz CT molecular complexity index is 549. The maximum Gasteiger partial charge on any atom is 0.160 e. The topological polar surface area (TPSA) is 12.0 Å². The predicted molar refractivity (Wildman–Crippen MR) is 82.0 cm³/mol. The van der Waals surface area contributed by atoms with Crippen molar-refractivity contribution in [2.45, 2.75) is 11.4 Å². The second-order valence-corrected chi connectivity index (χ2v) is 5.65. The molecule has 0 spiro atoms. The first kappa shape index (κ1) is 14.5. The first-order chi connectivity index (χ1) is 9.10. The molecule has 0 heterocycles. The molecule has 2 aromatic rings. The lowest BCUT2D eigenvalue weighted by Gasteiger charge is -2.09. The van der Waals surface area contributed by atoms with Crippen LogP contribution in [0, 0.1) is 5.82 Å². The Labute approximate surface area is 126 Å². The van der Waals surface area contributed by atoms with E-state index >= 15 is 0 Å². The van der Waals surface area contributed by atoms with E-state index in [2.05, 4.69) is 17.4 Å². The lowest BCUT2D eigenvalue weighted by Crippen LogP contribution is -1.99. The van der Waals surface area contributed by atoms with Crippen LogP contribution in [0.4, 0.5) is 10.1 Å². The highest BCUT2D eigenvalue weighted by molar-refractivity contribution is 7.98. The van der Waals surface area contributed by atoms with Gasteiger partial charge in [0.1, 0.15) is 0 Å². The van der Waals surface area contributed by atoms with Gasteiger partial charge in [-0.2, -0.15) is 0 Å². The first-order valence-electron chi connectivity index (χ1n) is 5.61. The molecule has 0 aromatic heterocycles. The quantitative estimate of drug-likeness (QED) is 0.593. The van der Waals surface area contributed by atoms with E-state index in [-0.39, 0.29) is 10.0 Å². The maximum atomic E-state index is 13.3. The standard InChI is InChI=1S/C14H12Cl2FNS/c1-19-11-4-2-9(3-5-11)8-18-10-6-12(15)14(17)13(16)7-10/h2-7,18H,8H2,1H3. The predicted octanol–water partition coefficient (Wildman–Crippen LogP) is 5.47. The number of nitrogens with one attached hydrogen (secondary N) is 1. The molecule has 0 aliphatic carbocycles. The van der Waals surface area contributed by atoms with Crippen molar-refractivity contribution in [3.8, 4) is 0 Å². The summed E-state index contributed by atoms with van der Waals surface area (Å²) < 4.78 is 13.3. The van der Waals surface area contributed by atoms with Gasteiger partial charge in [-0.25, -0.2) is 4.39 Å². The van der Waals surface area contributed by atoms with Gasteiger partial charge in [0.2, 0.25) is 0 Å². The van der Waals surface area contributed by atoms with Crippen molar-refractivity contribution in [1.82, 2.24) is 0 Å². The first-order valence-corrected chi connectivity index (χ1v) is 7.59. The highest BCUT2D eigenvalue weighted by Crippen LogP contribution is 2.27. The summed E-state index contributed by atoms with van der Waals surface area (Å²) in [6.45, 7) is 0.632. The third-order valence-electron chi connectivity index (χ3n) is 2.64. The van der Waals surface area contributed by atoms with E-state index in [1.165, 1.54) is 17.0 Å². The molecule has 0 aliphatic heterocycles. The Morgan fingerprint density at radius 1 is 1.11 bits per heavy atom. The molecule has 0 atom stereocenters. The maximum absolute atomic E-state index is 13.3. The minimum absolute atomic E-state index is 0.0210. The van der Waals surface area contributed by atoms with E-state index in [0.29, 0.717) is 12.2 Å². The summed E-state index contributed by atoms with van der Waals surface area (Å²) in [4.78, 5) is 1.22. The Hall–Kier alpha value is -0.900. The molecule has 0 aliphatic rings. The van der Waals surface area contributed by atoms with Crippen LogP contribution in [0.2, 0.25) is 10.0 Å². The van der Waals surface area contributed by atoms with Crippen LogP contribution < -0.4 is 5.32 Å². The molecule has 100 valence electrons. The monoisotopic (exact) mass is 315 g/mol. The van der Waals surface area contributed by atoms with Crippen molar-refractivity contribution < 1.29 is 4.39 Å². The highest BCUT2D eigenvalue weighted by Gasteiger charge is 2.07. The van der Waals surface area contributed by atoms with Crippen molar-refractivity contribution in [2.24, 2.45) is 0 Å². The molecule has 0 fully saturated rings. The third kappa shape index (κ3) is 3.78. The van der Waals surface area contributed by atoms with Gasteiger partial charge in [-0.05, 0) is 36.1 Å². The van der Waals surface area contributed by atoms with Crippen molar-refractivity contribution >= 4 is 40.7 Å². The van der Waals surface area contributed by atoms with Crippen molar-refractivity contribution in [1.29, 1.82) is 0 Å². The van der Waals surface area contributed by atoms with Gasteiger partial charge >= 0.3 is 0 Å². The summed E-state index contributed by atoms with van der Waals surface area (Å²) in [5.74, 6) is -0.585. The molecular formula is C14H12Cl2FNS. The summed E-state index contributed by atoms with van der Waals surface area (Å²) in [5.41, 5.74) is 1.83. The summed E-state index contributed by atoms with van der Waals surface area (Å²) in [7, 11) is 0. The minimum atomic E-state index is -0.585. The summed E-state index contributed by atoms with van der Waals surface area (Å²) in [6, 6.07) is 11.3. The average Bonchev–Trinajstić information content (AvgIpc) is 2.43. The second-order valence-electron chi connectivity index (χ2n) is 3.96. The molecule has 2 aromatic carbocycles. The Morgan fingerprint density at radius 3 is 2.21 bits per heavy atom. The molecule has 19 heavy (non-hydrogen) atoms. The molecule has 2 rings (SSSR count). The van der Waals surface area contributed by atoms with Gasteiger partial charge in [-0.1, -0.05) is 35.3 Å². The molecule has 0 radical (unpaired) electrons. The SMILES string of the molecule is CSc1ccc(CNc2cc(Cl)c(F)c(Cl)c2)cc1. The van der Waals surface area contributed by atoms with Gasteiger partial charge < -0.3 is 5.32 Å². The highest BCUT2D eigenvalue weighted by atomic mass is 35.5. The van der Waals surface area contributed by atoms with E-state index in [1.54, 1.807) is 11.8 Å². The molecule has 1 N–H and O–H groups in total. The summed E-state index contributed by atoms with van der Waals surface area (Å²) in [6.07, 6.45) is 2.04. The van der Waals surface area contributed by atoms with Crippen molar-refractivity contribution in [3.05, 3.63) is 57.8 Å². The molecule has 1 nitrogen and oxygen atoms in total. The van der Waals surface area contributed by atoms with E-state index < -0.39 is 5.82 Å². The van der Waals surface area contributed by atoms with Crippen LogP contribution in [0.25, 0.3) is 0 Å². The fourth-order valence-electron chi connectivity index (χ4n) is 1.61. The van der Waals surface area contributed by atoms with Gasteiger partial charge in [-0.3, -0.25) is 0 Å². The summed E-state index contributed by atoms with van der Waals surface area (Å²) in [5, 5.41) is 3.21. The molecule has 0 saturated carbocycles. The number of hydrogen-bond acceptors (Lipinski definition) is 2. The van der Waals surface area contributed by atoms with Gasteiger partial charge in [-0.15, -0.1) is 11.8 Å². The molecule has 5 heteroatoms. The third-order valence-corrected chi connectivity index (χ3v) is 3.93. The van der Waals surface area contributed by atoms with Crippen LogP contribution in [0.5, 0.6) is 0 Å². The fraction of sp³-hybridized carbons (Fsp3) is 0.143. The zero-order valence-corrected chi connectivity index (χ0v) is 12.5. The minimum Gasteiger partial charge on any atom is -0.381 e.